The maximum absolute atomic E-state index is 5.98. The average Bonchev–Trinajstić information content (AvgIpc) is 2.86. The van der Waals surface area contributed by atoms with E-state index in [0.717, 1.165) is 23.5 Å². The van der Waals surface area contributed by atoms with Gasteiger partial charge in [0.1, 0.15) is 5.82 Å². The smallest absolute Gasteiger partial charge is 0.123 e. The Morgan fingerprint density at radius 1 is 1.47 bits per heavy atom. The van der Waals surface area contributed by atoms with Crippen LogP contribution in [0.1, 0.15) is 18.3 Å². The molecule has 17 heavy (non-hydrogen) atoms. The van der Waals surface area contributed by atoms with Crippen molar-refractivity contribution < 1.29 is 4.74 Å². The van der Waals surface area contributed by atoms with E-state index in [9.17, 15) is 0 Å². The summed E-state index contributed by atoms with van der Waals surface area (Å²) in [7, 11) is 1.66. The van der Waals surface area contributed by atoms with Crippen LogP contribution in [0.5, 0.6) is 0 Å². The van der Waals surface area contributed by atoms with Crippen LogP contribution in [0.4, 0.5) is 0 Å². The molecule has 5 nitrogen and oxygen atoms in total. The highest BCUT2D eigenvalue weighted by Crippen LogP contribution is 2.18. The first-order valence-corrected chi connectivity index (χ1v) is 5.51. The van der Waals surface area contributed by atoms with Gasteiger partial charge in [0.25, 0.3) is 0 Å². The highest BCUT2D eigenvalue weighted by Gasteiger charge is 2.10. The molecule has 0 fully saturated rings. The van der Waals surface area contributed by atoms with Crippen LogP contribution >= 0.6 is 0 Å². The van der Waals surface area contributed by atoms with Gasteiger partial charge in [0.15, 0.2) is 0 Å². The fourth-order valence-corrected chi connectivity index (χ4v) is 1.58. The molecule has 0 radical (unpaired) electrons. The molecule has 0 aliphatic carbocycles. The summed E-state index contributed by atoms with van der Waals surface area (Å²) >= 11 is 0. The summed E-state index contributed by atoms with van der Waals surface area (Å²) in [6.45, 7) is 0.629. The minimum atomic E-state index is -0.125. The molecule has 1 unspecified atom stereocenters. The Balaban J connectivity index is 2.11. The zero-order valence-corrected chi connectivity index (χ0v) is 9.76. The van der Waals surface area contributed by atoms with E-state index in [1.54, 1.807) is 25.7 Å². The number of aromatic nitrogens is 3. The number of rotatable bonds is 5. The molecule has 90 valence electrons. The standard InChI is InChI=1S/C12H16N4O/c1-17-6-4-10(13)12-15-8-11(16-12)9-3-2-5-14-7-9/h2-3,5,7-8,10H,4,6,13H2,1H3,(H,15,16). The highest BCUT2D eigenvalue weighted by atomic mass is 16.5. The molecular weight excluding hydrogens is 216 g/mol. The Morgan fingerprint density at radius 3 is 3.06 bits per heavy atom. The Morgan fingerprint density at radius 2 is 2.35 bits per heavy atom. The molecule has 0 saturated heterocycles. The fourth-order valence-electron chi connectivity index (χ4n) is 1.58. The van der Waals surface area contributed by atoms with E-state index >= 15 is 0 Å². The van der Waals surface area contributed by atoms with Crippen LogP contribution in [0.3, 0.4) is 0 Å². The first kappa shape index (κ1) is 11.8. The van der Waals surface area contributed by atoms with Gasteiger partial charge in [0.2, 0.25) is 0 Å². The Kier molecular flexibility index (Phi) is 3.85. The van der Waals surface area contributed by atoms with Crippen LogP contribution in [0.2, 0.25) is 0 Å². The monoisotopic (exact) mass is 232 g/mol. The third kappa shape index (κ3) is 2.89. The third-order valence-electron chi connectivity index (χ3n) is 2.55. The second-order valence-electron chi connectivity index (χ2n) is 3.81. The number of nitrogens with one attached hydrogen (secondary N) is 1. The van der Waals surface area contributed by atoms with Crippen molar-refractivity contribution in [2.75, 3.05) is 13.7 Å². The van der Waals surface area contributed by atoms with Gasteiger partial charge in [-0.15, -0.1) is 0 Å². The van der Waals surface area contributed by atoms with Gasteiger partial charge in [-0.2, -0.15) is 0 Å². The lowest BCUT2D eigenvalue weighted by molar-refractivity contribution is 0.187. The van der Waals surface area contributed by atoms with Crippen molar-refractivity contribution in [1.82, 2.24) is 15.0 Å². The summed E-state index contributed by atoms with van der Waals surface area (Å²) in [6.07, 6.45) is 6.05. The van der Waals surface area contributed by atoms with Crippen LogP contribution < -0.4 is 5.73 Å². The molecule has 5 heteroatoms. The molecule has 0 amide bonds. The van der Waals surface area contributed by atoms with Crippen LogP contribution in [-0.2, 0) is 4.74 Å². The highest BCUT2D eigenvalue weighted by molar-refractivity contribution is 5.56. The molecule has 2 aromatic heterocycles. The van der Waals surface area contributed by atoms with Crippen molar-refractivity contribution in [2.45, 2.75) is 12.5 Å². The number of ether oxygens (including phenoxy) is 1. The number of aromatic amines is 1. The van der Waals surface area contributed by atoms with Crippen LogP contribution in [-0.4, -0.2) is 28.7 Å². The van der Waals surface area contributed by atoms with Crippen molar-refractivity contribution in [3.8, 4) is 11.3 Å². The summed E-state index contributed by atoms with van der Waals surface area (Å²) < 4.78 is 4.99. The van der Waals surface area contributed by atoms with Crippen molar-refractivity contribution >= 4 is 0 Å². The summed E-state index contributed by atoms with van der Waals surface area (Å²) in [5, 5.41) is 0. The number of hydrogen-bond acceptors (Lipinski definition) is 4. The molecule has 2 aromatic rings. The van der Waals surface area contributed by atoms with Gasteiger partial charge in [0.05, 0.1) is 17.9 Å². The molecule has 2 heterocycles. The number of pyridine rings is 1. The van der Waals surface area contributed by atoms with Crippen molar-refractivity contribution in [1.29, 1.82) is 0 Å². The lowest BCUT2D eigenvalue weighted by Crippen LogP contribution is -2.14. The molecule has 2 rings (SSSR count). The van der Waals surface area contributed by atoms with Gasteiger partial charge in [0, 0.05) is 31.7 Å². The zero-order chi connectivity index (χ0) is 12.1. The van der Waals surface area contributed by atoms with E-state index in [0.29, 0.717) is 6.61 Å². The molecule has 0 spiro atoms. The molecule has 3 N–H and O–H groups in total. The van der Waals surface area contributed by atoms with Gasteiger partial charge >= 0.3 is 0 Å². The van der Waals surface area contributed by atoms with Crippen LogP contribution in [0, 0.1) is 0 Å². The number of hydrogen-bond donors (Lipinski definition) is 2. The molecule has 0 aliphatic heterocycles. The maximum Gasteiger partial charge on any atom is 0.123 e. The van der Waals surface area contributed by atoms with E-state index in [2.05, 4.69) is 15.0 Å². The maximum atomic E-state index is 5.98. The average molecular weight is 232 g/mol. The predicted molar refractivity (Wildman–Crippen MR) is 65.2 cm³/mol. The molecule has 0 saturated carbocycles. The summed E-state index contributed by atoms with van der Waals surface area (Å²) in [6, 6.07) is 3.74. The van der Waals surface area contributed by atoms with Crippen molar-refractivity contribution in [2.24, 2.45) is 5.73 Å². The first-order valence-electron chi connectivity index (χ1n) is 5.51. The van der Waals surface area contributed by atoms with Crippen molar-refractivity contribution in [3.63, 3.8) is 0 Å². The normalized spacial score (nSPS) is 12.6. The summed E-state index contributed by atoms with van der Waals surface area (Å²) in [4.78, 5) is 11.6. The number of H-pyrrole nitrogens is 1. The minimum absolute atomic E-state index is 0.125. The van der Waals surface area contributed by atoms with E-state index < -0.39 is 0 Å². The molecule has 0 bridgehead atoms. The zero-order valence-electron chi connectivity index (χ0n) is 9.76. The first-order chi connectivity index (χ1) is 8.31. The van der Waals surface area contributed by atoms with Gasteiger partial charge in [-0.3, -0.25) is 4.98 Å². The molecule has 0 aromatic carbocycles. The van der Waals surface area contributed by atoms with E-state index in [4.69, 9.17) is 10.5 Å². The van der Waals surface area contributed by atoms with Crippen LogP contribution in [0.15, 0.2) is 30.7 Å². The molecular formula is C12H16N4O. The molecule has 1 atom stereocenters. The second kappa shape index (κ2) is 5.56. The number of nitrogens with two attached hydrogens (primary N) is 1. The van der Waals surface area contributed by atoms with Crippen LogP contribution in [0.25, 0.3) is 11.3 Å². The predicted octanol–water partition coefficient (Wildman–Crippen LogP) is 1.51. The minimum Gasteiger partial charge on any atom is -0.385 e. The fraction of sp³-hybridized carbons (Fsp3) is 0.333. The van der Waals surface area contributed by atoms with E-state index in [1.165, 1.54) is 0 Å². The van der Waals surface area contributed by atoms with Gasteiger partial charge in [-0.25, -0.2) is 4.98 Å². The quantitative estimate of drug-likeness (QED) is 0.819. The lowest BCUT2D eigenvalue weighted by Gasteiger charge is -2.07. The van der Waals surface area contributed by atoms with E-state index in [-0.39, 0.29) is 6.04 Å². The lowest BCUT2D eigenvalue weighted by atomic mass is 10.2. The van der Waals surface area contributed by atoms with Gasteiger partial charge in [-0.05, 0) is 18.6 Å². The third-order valence-corrected chi connectivity index (χ3v) is 2.55. The van der Waals surface area contributed by atoms with Gasteiger partial charge < -0.3 is 15.5 Å². The number of methoxy groups -OCH3 is 1. The van der Waals surface area contributed by atoms with Crippen molar-refractivity contribution in [3.05, 3.63) is 36.5 Å². The van der Waals surface area contributed by atoms with Gasteiger partial charge in [-0.1, -0.05) is 0 Å². The second-order valence-corrected chi connectivity index (χ2v) is 3.81. The summed E-state index contributed by atoms with van der Waals surface area (Å²) in [5.41, 5.74) is 7.92. The SMILES string of the molecule is COCCC(N)c1ncc(-c2cccnc2)[nH]1. The number of nitrogens with zero attached hydrogens (tertiary/aromatic N) is 2. The Hall–Kier alpha value is -1.72. The number of imidazole rings is 1. The molecule has 0 aliphatic rings. The topological polar surface area (TPSA) is 76.8 Å². The van der Waals surface area contributed by atoms with E-state index in [1.807, 2.05) is 12.1 Å². The Labute approximate surface area is 100 Å². The Bertz CT molecular complexity index is 455. The summed E-state index contributed by atoms with van der Waals surface area (Å²) in [5.74, 6) is 0.779. The largest absolute Gasteiger partial charge is 0.385 e.